The lowest BCUT2D eigenvalue weighted by Gasteiger charge is -2.23. The Hall–Kier alpha value is -3.42. The van der Waals surface area contributed by atoms with Crippen molar-refractivity contribution in [2.45, 2.75) is 39.5 Å². The predicted octanol–water partition coefficient (Wildman–Crippen LogP) is 4.25. The minimum atomic E-state index is -0.578. The number of aromatic amines is 1. The average molecular weight is 458 g/mol. The average Bonchev–Trinajstić information content (AvgIpc) is 3.50. The number of hydrogen-bond donors (Lipinski definition) is 2. The van der Waals surface area contributed by atoms with Crippen molar-refractivity contribution < 1.29 is 19.4 Å². The Morgan fingerprint density at radius 3 is 2.76 bits per heavy atom. The number of cyclic esters (lactones) is 1. The second-order valence-corrected chi connectivity index (χ2v) is 9.11. The van der Waals surface area contributed by atoms with E-state index in [0.717, 1.165) is 56.9 Å². The minimum Gasteiger partial charge on any atom is -0.457 e. The molecule has 0 bridgehead atoms. The van der Waals surface area contributed by atoms with Gasteiger partial charge in [-0.1, -0.05) is 44.2 Å². The van der Waals surface area contributed by atoms with Gasteiger partial charge >= 0.3 is 5.97 Å². The SMILES string of the molecule is CCN(CC)CC(O)Cn1c2ccccc2c2c3c(c4c5c([nH]c4c21)C(=O)CC=C5)C(=O)OC3. The highest BCUT2D eigenvalue weighted by atomic mass is 16.5. The summed E-state index contributed by atoms with van der Waals surface area (Å²) in [5.74, 6) is -0.347. The molecule has 6 rings (SSSR count). The summed E-state index contributed by atoms with van der Waals surface area (Å²) in [6.45, 7) is 7.10. The summed E-state index contributed by atoms with van der Waals surface area (Å²) in [5, 5.41) is 13.8. The Morgan fingerprint density at radius 2 is 1.97 bits per heavy atom. The molecule has 34 heavy (non-hydrogen) atoms. The minimum absolute atomic E-state index is 0.00573. The van der Waals surface area contributed by atoms with Crippen LogP contribution in [-0.4, -0.2) is 57.0 Å². The first kappa shape index (κ1) is 21.1. The van der Waals surface area contributed by atoms with E-state index in [-0.39, 0.29) is 18.4 Å². The lowest BCUT2D eigenvalue weighted by Crippen LogP contribution is -2.34. The molecule has 0 saturated carbocycles. The second-order valence-electron chi connectivity index (χ2n) is 9.11. The van der Waals surface area contributed by atoms with E-state index in [1.807, 2.05) is 36.4 Å². The van der Waals surface area contributed by atoms with Gasteiger partial charge in [0.2, 0.25) is 0 Å². The van der Waals surface area contributed by atoms with Crippen molar-refractivity contribution in [1.29, 1.82) is 0 Å². The Morgan fingerprint density at radius 1 is 1.18 bits per heavy atom. The van der Waals surface area contributed by atoms with Gasteiger partial charge < -0.3 is 24.3 Å². The van der Waals surface area contributed by atoms with Gasteiger partial charge in [0.05, 0.1) is 34.9 Å². The van der Waals surface area contributed by atoms with Crippen LogP contribution in [0.1, 0.15) is 52.2 Å². The number of carbonyl (C=O) groups is 2. The van der Waals surface area contributed by atoms with Gasteiger partial charge in [0.15, 0.2) is 5.78 Å². The maximum Gasteiger partial charge on any atom is 0.339 e. The number of ether oxygens (including phenoxy) is 1. The van der Waals surface area contributed by atoms with Crippen molar-refractivity contribution in [1.82, 2.24) is 14.5 Å². The highest BCUT2D eigenvalue weighted by Gasteiger charge is 2.34. The number of allylic oxidation sites excluding steroid dienone is 1. The first-order chi connectivity index (χ1) is 16.5. The van der Waals surface area contributed by atoms with Crippen LogP contribution in [0.25, 0.3) is 38.8 Å². The molecule has 1 unspecified atom stereocenters. The third-order valence-corrected chi connectivity index (χ3v) is 7.27. The van der Waals surface area contributed by atoms with E-state index in [4.69, 9.17) is 4.74 Å². The molecule has 0 fully saturated rings. The third kappa shape index (κ3) is 2.90. The molecule has 7 heteroatoms. The van der Waals surface area contributed by atoms with E-state index < -0.39 is 6.10 Å². The topological polar surface area (TPSA) is 87.6 Å². The number of H-pyrrole nitrogens is 1. The van der Waals surface area contributed by atoms with Crippen LogP contribution in [0.15, 0.2) is 30.3 Å². The van der Waals surface area contributed by atoms with Gasteiger partial charge in [-0.2, -0.15) is 0 Å². The van der Waals surface area contributed by atoms with Crippen molar-refractivity contribution in [3.8, 4) is 0 Å². The fraction of sp³-hybridized carbons (Fsp3) is 0.333. The molecular formula is C27H27N3O4. The van der Waals surface area contributed by atoms with Crippen LogP contribution >= 0.6 is 0 Å². The zero-order valence-corrected chi connectivity index (χ0v) is 19.4. The molecule has 2 aromatic heterocycles. The van der Waals surface area contributed by atoms with Crippen molar-refractivity contribution in [3.63, 3.8) is 0 Å². The quantitative estimate of drug-likeness (QED) is 0.423. The van der Waals surface area contributed by atoms with Crippen LogP contribution in [0, 0.1) is 0 Å². The van der Waals surface area contributed by atoms with Crippen molar-refractivity contribution >= 4 is 50.5 Å². The smallest absolute Gasteiger partial charge is 0.339 e. The summed E-state index contributed by atoms with van der Waals surface area (Å²) in [6.07, 6.45) is 3.53. The largest absolute Gasteiger partial charge is 0.457 e. The number of rotatable bonds is 6. The second kappa shape index (κ2) is 7.82. The Balaban J connectivity index is 1.70. The van der Waals surface area contributed by atoms with Gasteiger partial charge in [-0.3, -0.25) is 4.79 Å². The molecule has 0 spiro atoms. The number of fused-ring (bicyclic) bond motifs is 10. The molecular weight excluding hydrogens is 430 g/mol. The maximum atomic E-state index is 12.9. The van der Waals surface area contributed by atoms with Crippen molar-refractivity contribution in [2.75, 3.05) is 19.6 Å². The number of nitrogens with zero attached hydrogens (tertiary/aromatic N) is 2. The number of Topliss-reactive ketones (excluding diaryl/α,β-unsaturated/α-hetero) is 1. The number of aliphatic hydroxyl groups excluding tert-OH is 1. The molecule has 0 amide bonds. The van der Waals surface area contributed by atoms with E-state index in [2.05, 4.69) is 28.3 Å². The summed E-state index contributed by atoms with van der Waals surface area (Å²) in [7, 11) is 0. The Kier molecular flexibility index (Phi) is 4.86. The molecule has 174 valence electrons. The molecule has 4 aromatic rings. The van der Waals surface area contributed by atoms with Crippen LogP contribution in [0.3, 0.4) is 0 Å². The van der Waals surface area contributed by atoms with Gasteiger partial charge in [-0.05, 0) is 19.2 Å². The summed E-state index contributed by atoms with van der Waals surface area (Å²) < 4.78 is 7.66. The normalized spacial score (nSPS) is 16.1. The molecule has 2 aromatic carbocycles. The summed E-state index contributed by atoms with van der Waals surface area (Å²) in [6, 6.07) is 8.06. The lowest BCUT2D eigenvalue weighted by atomic mass is 9.94. The third-order valence-electron chi connectivity index (χ3n) is 7.27. The highest BCUT2D eigenvalue weighted by molar-refractivity contribution is 6.27. The molecule has 1 atom stereocenters. The number of aromatic nitrogens is 2. The number of likely N-dealkylation sites (N-methyl/N-ethyl adjacent to an activating group) is 1. The lowest BCUT2D eigenvalue weighted by molar-refractivity contribution is 0.0537. The number of aliphatic hydroxyl groups is 1. The van der Waals surface area contributed by atoms with Crippen molar-refractivity contribution in [2.24, 2.45) is 0 Å². The standard InChI is InChI=1S/C27H27N3O4/c1-3-29(4-2)12-15(31)13-30-19-10-6-5-8-16(19)21-18-14-34-27(33)23(18)22-17-9-7-11-20(32)24(17)28-25(22)26(21)30/h5-10,15,28,31H,3-4,11-14H2,1-2H3. The van der Waals surface area contributed by atoms with Crippen molar-refractivity contribution in [3.05, 3.63) is 52.7 Å². The number of benzene rings is 2. The molecule has 1 aliphatic heterocycles. The molecule has 1 aliphatic carbocycles. The summed E-state index contributed by atoms with van der Waals surface area (Å²) >= 11 is 0. The number of ketones is 1. The van der Waals surface area contributed by atoms with E-state index in [0.29, 0.717) is 30.8 Å². The van der Waals surface area contributed by atoms with Crippen LogP contribution < -0.4 is 0 Å². The number of nitrogens with one attached hydrogen (secondary N) is 1. The molecule has 0 radical (unpaired) electrons. The molecule has 3 heterocycles. The molecule has 2 N–H and O–H groups in total. The molecule has 2 aliphatic rings. The van der Waals surface area contributed by atoms with Gasteiger partial charge in [-0.25, -0.2) is 4.79 Å². The van der Waals surface area contributed by atoms with Crippen LogP contribution in [-0.2, 0) is 17.9 Å². The Bertz CT molecular complexity index is 1520. The summed E-state index contributed by atoms with van der Waals surface area (Å²) in [4.78, 5) is 31.2. The highest BCUT2D eigenvalue weighted by Crippen LogP contribution is 2.44. The first-order valence-corrected chi connectivity index (χ1v) is 11.9. The molecule has 7 nitrogen and oxygen atoms in total. The van der Waals surface area contributed by atoms with Gasteiger partial charge in [0.1, 0.15) is 6.61 Å². The number of hydrogen-bond acceptors (Lipinski definition) is 5. The molecule has 0 saturated heterocycles. The van der Waals surface area contributed by atoms with Crippen LogP contribution in [0.5, 0.6) is 0 Å². The maximum absolute atomic E-state index is 12.9. The zero-order chi connectivity index (χ0) is 23.6. The van der Waals surface area contributed by atoms with Crippen LogP contribution in [0.4, 0.5) is 0 Å². The van der Waals surface area contributed by atoms with Crippen LogP contribution in [0.2, 0.25) is 0 Å². The summed E-state index contributed by atoms with van der Waals surface area (Å²) in [5.41, 5.74) is 5.33. The number of para-hydroxylation sites is 1. The van der Waals surface area contributed by atoms with E-state index in [1.165, 1.54) is 0 Å². The van der Waals surface area contributed by atoms with Gasteiger partial charge in [-0.15, -0.1) is 0 Å². The van der Waals surface area contributed by atoms with E-state index in [9.17, 15) is 14.7 Å². The van der Waals surface area contributed by atoms with Gasteiger partial charge in [0, 0.05) is 45.8 Å². The monoisotopic (exact) mass is 457 g/mol. The van der Waals surface area contributed by atoms with E-state index in [1.54, 1.807) is 0 Å². The van der Waals surface area contributed by atoms with E-state index >= 15 is 0 Å². The van der Waals surface area contributed by atoms with Gasteiger partial charge in [0.25, 0.3) is 0 Å². The predicted molar refractivity (Wildman–Crippen MR) is 132 cm³/mol. The fourth-order valence-corrected chi connectivity index (χ4v) is 5.69. The number of esters is 1. The first-order valence-electron chi connectivity index (χ1n) is 11.9. The number of carbonyl (C=O) groups excluding carboxylic acids is 2. The zero-order valence-electron chi connectivity index (χ0n) is 19.4. The fourth-order valence-electron chi connectivity index (χ4n) is 5.69. The Labute approximate surface area is 196 Å².